The summed E-state index contributed by atoms with van der Waals surface area (Å²) in [4.78, 5) is 11.2. The lowest BCUT2D eigenvalue weighted by Gasteiger charge is -2.12. The standard InChI is InChI=1S/C12H14O5S/c1-17-9-4-6-10(7-5-9)18(15,16)11(12(13)14)8-2-3-8/h4-8,11H,2-3H2,1H3,(H,13,14). The number of hydrogen-bond acceptors (Lipinski definition) is 4. The van der Waals surface area contributed by atoms with Crippen LogP contribution >= 0.6 is 0 Å². The fraction of sp³-hybridized carbons (Fsp3) is 0.417. The third kappa shape index (κ3) is 2.33. The Morgan fingerprint density at radius 2 is 1.89 bits per heavy atom. The van der Waals surface area contributed by atoms with Gasteiger partial charge in [0.15, 0.2) is 15.1 Å². The van der Waals surface area contributed by atoms with Crippen LogP contribution in [0.5, 0.6) is 5.75 Å². The van der Waals surface area contributed by atoms with Crippen molar-refractivity contribution in [2.75, 3.05) is 7.11 Å². The molecule has 0 amide bonds. The first-order valence-corrected chi connectivity index (χ1v) is 7.12. The molecular formula is C12H14O5S. The van der Waals surface area contributed by atoms with E-state index in [0.717, 1.165) is 0 Å². The number of ether oxygens (including phenoxy) is 1. The summed E-state index contributed by atoms with van der Waals surface area (Å²) in [6.07, 6.45) is 1.32. The molecule has 18 heavy (non-hydrogen) atoms. The molecule has 0 bridgehead atoms. The number of hydrogen-bond donors (Lipinski definition) is 1. The smallest absolute Gasteiger partial charge is 0.322 e. The van der Waals surface area contributed by atoms with Crippen molar-refractivity contribution in [3.63, 3.8) is 0 Å². The number of rotatable bonds is 5. The van der Waals surface area contributed by atoms with Crippen molar-refractivity contribution < 1.29 is 23.1 Å². The van der Waals surface area contributed by atoms with Gasteiger partial charge in [-0.2, -0.15) is 0 Å². The largest absolute Gasteiger partial charge is 0.497 e. The first-order valence-electron chi connectivity index (χ1n) is 5.57. The predicted octanol–water partition coefficient (Wildman–Crippen LogP) is 1.33. The van der Waals surface area contributed by atoms with Gasteiger partial charge in [0.05, 0.1) is 12.0 Å². The van der Waals surface area contributed by atoms with Crippen LogP contribution in [-0.4, -0.2) is 31.9 Å². The molecule has 2 rings (SSSR count). The Labute approximate surface area is 105 Å². The summed E-state index contributed by atoms with van der Waals surface area (Å²) in [5.41, 5.74) is 0. The maximum absolute atomic E-state index is 12.2. The molecule has 1 aromatic carbocycles. The van der Waals surface area contributed by atoms with E-state index >= 15 is 0 Å². The Hall–Kier alpha value is -1.56. The Balaban J connectivity index is 2.36. The van der Waals surface area contributed by atoms with Gasteiger partial charge in [0.25, 0.3) is 0 Å². The topological polar surface area (TPSA) is 80.7 Å². The molecule has 0 saturated heterocycles. The van der Waals surface area contributed by atoms with Crippen LogP contribution in [0.4, 0.5) is 0 Å². The van der Waals surface area contributed by atoms with Crippen molar-refractivity contribution in [1.82, 2.24) is 0 Å². The summed E-state index contributed by atoms with van der Waals surface area (Å²) in [6.45, 7) is 0. The minimum atomic E-state index is -3.82. The molecule has 5 nitrogen and oxygen atoms in total. The van der Waals surface area contributed by atoms with Gasteiger partial charge in [-0.25, -0.2) is 8.42 Å². The van der Waals surface area contributed by atoms with E-state index in [0.29, 0.717) is 18.6 Å². The van der Waals surface area contributed by atoms with Gasteiger partial charge in [-0.1, -0.05) is 0 Å². The molecule has 1 unspecified atom stereocenters. The third-order valence-electron chi connectivity index (χ3n) is 3.02. The molecule has 1 fully saturated rings. The van der Waals surface area contributed by atoms with Gasteiger partial charge in [-0.15, -0.1) is 0 Å². The maximum Gasteiger partial charge on any atom is 0.322 e. The molecule has 0 heterocycles. The number of sulfone groups is 1. The van der Waals surface area contributed by atoms with Gasteiger partial charge in [-0.05, 0) is 43.0 Å². The van der Waals surface area contributed by atoms with Crippen LogP contribution in [-0.2, 0) is 14.6 Å². The Bertz CT molecular complexity index is 542. The second-order valence-electron chi connectivity index (χ2n) is 4.32. The maximum atomic E-state index is 12.2. The van der Waals surface area contributed by atoms with Crippen LogP contribution < -0.4 is 4.74 Å². The van der Waals surface area contributed by atoms with Gasteiger partial charge in [0.1, 0.15) is 5.75 Å². The summed E-state index contributed by atoms with van der Waals surface area (Å²) in [7, 11) is -2.34. The molecule has 6 heteroatoms. The summed E-state index contributed by atoms with van der Waals surface area (Å²) >= 11 is 0. The third-order valence-corrected chi connectivity index (χ3v) is 5.20. The van der Waals surface area contributed by atoms with Crippen molar-refractivity contribution >= 4 is 15.8 Å². The van der Waals surface area contributed by atoms with E-state index in [1.54, 1.807) is 0 Å². The Morgan fingerprint density at radius 1 is 1.33 bits per heavy atom. The minimum Gasteiger partial charge on any atom is -0.497 e. The number of carboxylic acids is 1. The average Bonchev–Trinajstić information content (AvgIpc) is 3.13. The van der Waals surface area contributed by atoms with Crippen LogP contribution in [0.2, 0.25) is 0 Å². The molecule has 1 aliphatic carbocycles. The van der Waals surface area contributed by atoms with Gasteiger partial charge in [-0.3, -0.25) is 4.79 Å². The molecule has 98 valence electrons. The quantitative estimate of drug-likeness (QED) is 0.873. The van der Waals surface area contributed by atoms with Gasteiger partial charge in [0.2, 0.25) is 0 Å². The zero-order chi connectivity index (χ0) is 13.3. The number of methoxy groups -OCH3 is 1. The fourth-order valence-corrected chi connectivity index (χ4v) is 3.75. The summed E-state index contributed by atoms with van der Waals surface area (Å²) in [6, 6.07) is 5.79. The monoisotopic (exact) mass is 270 g/mol. The molecule has 1 atom stereocenters. The highest BCUT2D eigenvalue weighted by Crippen LogP contribution is 2.38. The lowest BCUT2D eigenvalue weighted by atomic mass is 10.3. The minimum absolute atomic E-state index is 0.0302. The summed E-state index contributed by atoms with van der Waals surface area (Å²) in [5, 5.41) is 7.75. The lowest BCUT2D eigenvalue weighted by molar-refractivity contribution is -0.136. The highest BCUT2D eigenvalue weighted by molar-refractivity contribution is 7.92. The summed E-state index contributed by atoms with van der Waals surface area (Å²) < 4.78 is 29.4. The van der Waals surface area contributed by atoms with Crippen LogP contribution in [0.15, 0.2) is 29.2 Å². The Kier molecular flexibility index (Phi) is 3.30. The highest BCUT2D eigenvalue weighted by atomic mass is 32.2. The highest BCUT2D eigenvalue weighted by Gasteiger charge is 2.45. The molecule has 1 N–H and O–H groups in total. The number of carbonyl (C=O) groups is 1. The zero-order valence-electron chi connectivity index (χ0n) is 9.87. The number of carboxylic acid groups (broad SMARTS) is 1. The molecule has 1 saturated carbocycles. The molecule has 1 aliphatic rings. The van der Waals surface area contributed by atoms with Crippen molar-refractivity contribution in [3.05, 3.63) is 24.3 Å². The number of aliphatic carboxylic acids is 1. The van der Waals surface area contributed by atoms with E-state index in [9.17, 15) is 13.2 Å². The summed E-state index contributed by atoms with van der Waals surface area (Å²) in [5.74, 6) is -0.991. The van der Waals surface area contributed by atoms with Crippen molar-refractivity contribution in [2.45, 2.75) is 23.0 Å². The van der Waals surface area contributed by atoms with Crippen LogP contribution in [0.25, 0.3) is 0 Å². The van der Waals surface area contributed by atoms with Crippen LogP contribution in [0, 0.1) is 5.92 Å². The second-order valence-corrected chi connectivity index (χ2v) is 6.39. The second kappa shape index (κ2) is 4.61. The van der Waals surface area contributed by atoms with Crippen LogP contribution in [0.1, 0.15) is 12.8 Å². The molecular weight excluding hydrogens is 256 g/mol. The molecule has 0 spiro atoms. The molecule has 0 aromatic heterocycles. The van der Waals surface area contributed by atoms with Crippen LogP contribution in [0.3, 0.4) is 0 Å². The van der Waals surface area contributed by atoms with Crippen molar-refractivity contribution in [2.24, 2.45) is 5.92 Å². The molecule has 0 radical (unpaired) electrons. The average molecular weight is 270 g/mol. The van der Waals surface area contributed by atoms with Crippen molar-refractivity contribution in [1.29, 1.82) is 0 Å². The van der Waals surface area contributed by atoms with Crippen molar-refractivity contribution in [3.8, 4) is 5.75 Å². The van der Waals surface area contributed by atoms with E-state index in [2.05, 4.69) is 0 Å². The van der Waals surface area contributed by atoms with E-state index in [4.69, 9.17) is 9.84 Å². The fourth-order valence-electron chi connectivity index (χ4n) is 1.90. The zero-order valence-corrected chi connectivity index (χ0v) is 10.7. The van der Waals surface area contributed by atoms with E-state index in [-0.39, 0.29) is 10.8 Å². The normalized spacial score (nSPS) is 17.2. The molecule has 0 aliphatic heterocycles. The number of benzene rings is 1. The molecule has 1 aromatic rings. The predicted molar refractivity (Wildman–Crippen MR) is 64.3 cm³/mol. The lowest BCUT2D eigenvalue weighted by Crippen LogP contribution is -2.32. The van der Waals surface area contributed by atoms with Gasteiger partial charge in [0, 0.05) is 0 Å². The van der Waals surface area contributed by atoms with E-state index in [1.165, 1.54) is 31.4 Å². The first-order chi connectivity index (χ1) is 8.46. The van der Waals surface area contributed by atoms with Gasteiger partial charge >= 0.3 is 5.97 Å². The van der Waals surface area contributed by atoms with E-state index in [1.807, 2.05) is 0 Å². The first kappa shape index (κ1) is 12.9. The SMILES string of the molecule is COc1ccc(S(=O)(=O)C(C(=O)O)C2CC2)cc1. The Morgan fingerprint density at radius 3 is 2.28 bits per heavy atom. The van der Waals surface area contributed by atoms with Gasteiger partial charge < -0.3 is 9.84 Å². The van der Waals surface area contributed by atoms with E-state index < -0.39 is 21.1 Å².